The van der Waals surface area contributed by atoms with E-state index in [9.17, 15) is 18.8 Å². The van der Waals surface area contributed by atoms with Gasteiger partial charge in [-0.1, -0.05) is 0 Å². The number of methoxy groups -OCH3 is 1. The third-order valence-electron chi connectivity index (χ3n) is 3.35. The van der Waals surface area contributed by atoms with Crippen LogP contribution in [0.2, 0.25) is 0 Å². The first-order valence-electron chi connectivity index (χ1n) is 6.33. The third kappa shape index (κ3) is 3.08. The number of nitrogens with zero attached hydrogens (tertiary/aromatic N) is 2. The standard InChI is InChI=1S/C14H15FN2O4/c1-16(8-13(19)21-2)11-7-12(18)17(14(11)20)10-5-3-9(15)4-6-10/h3-6,11H,7-8H2,1-2H3/t11-/m1/s1. The van der Waals surface area contributed by atoms with E-state index >= 15 is 0 Å². The lowest BCUT2D eigenvalue weighted by Gasteiger charge is -2.21. The highest BCUT2D eigenvalue weighted by Gasteiger charge is 2.42. The molecular weight excluding hydrogens is 279 g/mol. The Morgan fingerprint density at radius 1 is 1.38 bits per heavy atom. The zero-order valence-corrected chi connectivity index (χ0v) is 11.7. The van der Waals surface area contributed by atoms with Gasteiger partial charge in [0.05, 0.1) is 31.8 Å². The van der Waals surface area contributed by atoms with Gasteiger partial charge in [0.15, 0.2) is 0 Å². The Kier molecular flexibility index (Phi) is 4.32. The Hall–Kier alpha value is -2.28. The molecule has 0 aromatic heterocycles. The molecule has 6 nitrogen and oxygen atoms in total. The summed E-state index contributed by atoms with van der Waals surface area (Å²) >= 11 is 0. The van der Waals surface area contributed by atoms with Crippen LogP contribution in [0.5, 0.6) is 0 Å². The van der Waals surface area contributed by atoms with Gasteiger partial charge in [-0.15, -0.1) is 0 Å². The number of hydrogen-bond acceptors (Lipinski definition) is 5. The maximum Gasteiger partial charge on any atom is 0.319 e. The van der Waals surface area contributed by atoms with Crippen LogP contribution in [0.4, 0.5) is 10.1 Å². The molecule has 2 amide bonds. The van der Waals surface area contributed by atoms with Crippen molar-refractivity contribution in [3.8, 4) is 0 Å². The minimum absolute atomic E-state index is 0.0241. The normalized spacial score (nSPS) is 18.5. The first-order valence-corrected chi connectivity index (χ1v) is 6.33. The van der Waals surface area contributed by atoms with Gasteiger partial charge < -0.3 is 4.74 Å². The minimum atomic E-state index is -0.721. The molecule has 21 heavy (non-hydrogen) atoms. The number of benzene rings is 1. The summed E-state index contributed by atoms with van der Waals surface area (Å²) in [5.74, 6) is -1.75. The van der Waals surface area contributed by atoms with Crippen molar-refractivity contribution in [2.75, 3.05) is 25.6 Å². The number of anilines is 1. The summed E-state index contributed by atoms with van der Waals surface area (Å²) in [7, 11) is 2.82. The van der Waals surface area contributed by atoms with E-state index in [1.807, 2.05) is 0 Å². The van der Waals surface area contributed by atoms with Gasteiger partial charge in [0, 0.05) is 0 Å². The van der Waals surface area contributed by atoms with Crippen LogP contribution in [0, 0.1) is 5.82 Å². The number of rotatable bonds is 4. The number of halogens is 1. The Morgan fingerprint density at radius 2 is 2.00 bits per heavy atom. The van der Waals surface area contributed by atoms with E-state index in [1.165, 1.54) is 36.3 Å². The summed E-state index contributed by atoms with van der Waals surface area (Å²) < 4.78 is 17.4. The molecular formula is C14H15FN2O4. The molecule has 0 spiro atoms. The SMILES string of the molecule is COC(=O)CN(C)[C@@H]1CC(=O)N(c2ccc(F)cc2)C1=O. The van der Waals surface area contributed by atoms with Crippen molar-refractivity contribution in [1.82, 2.24) is 4.90 Å². The molecule has 1 fully saturated rings. The van der Waals surface area contributed by atoms with Crippen LogP contribution < -0.4 is 4.90 Å². The van der Waals surface area contributed by atoms with Gasteiger partial charge in [0.1, 0.15) is 5.82 Å². The topological polar surface area (TPSA) is 66.9 Å². The van der Waals surface area contributed by atoms with Crippen LogP contribution in [0.3, 0.4) is 0 Å². The Balaban J connectivity index is 2.16. The number of likely N-dealkylation sites (N-methyl/N-ethyl adjacent to an activating group) is 1. The quantitative estimate of drug-likeness (QED) is 0.600. The van der Waals surface area contributed by atoms with Gasteiger partial charge >= 0.3 is 5.97 Å². The van der Waals surface area contributed by atoms with Gasteiger partial charge in [-0.2, -0.15) is 0 Å². The lowest BCUT2D eigenvalue weighted by atomic mass is 10.2. The Morgan fingerprint density at radius 3 is 2.57 bits per heavy atom. The van der Waals surface area contributed by atoms with Crippen LogP contribution >= 0.6 is 0 Å². The first-order chi connectivity index (χ1) is 9.93. The molecule has 1 aromatic carbocycles. The smallest absolute Gasteiger partial charge is 0.319 e. The van der Waals surface area contributed by atoms with Gasteiger partial charge in [-0.25, -0.2) is 9.29 Å². The van der Waals surface area contributed by atoms with E-state index in [2.05, 4.69) is 4.74 Å². The van der Waals surface area contributed by atoms with Crippen molar-refractivity contribution in [2.24, 2.45) is 0 Å². The number of ether oxygens (including phenoxy) is 1. The highest BCUT2D eigenvalue weighted by molar-refractivity contribution is 6.22. The van der Waals surface area contributed by atoms with Crippen molar-refractivity contribution >= 4 is 23.5 Å². The molecule has 0 N–H and O–H groups in total. The van der Waals surface area contributed by atoms with Crippen molar-refractivity contribution in [1.29, 1.82) is 0 Å². The molecule has 0 radical (unpaired) electrons. The average molecular weight is 294 g/mol. The van der Waals surface area contributed by atoms with Crippen molar-refractivity contribution < 1.29 is 23.5 Å². The van der Waals surface area contributed by atoms with Crippen LogP contribution in [0.15, 0.2) is 24.3 Å². The summed E-state index contributed by atoms with van der Waals surface area (Å²) in [4.78, 5) is 38.1. The highest BCUT2D eigenvalue weighted by Crippen LogP contribution is 2.25. The van der Waals surface area contributed by atoms with E-state index in [1.54, 1.807) is 7.05 Å². The maximum absolute atomic E-state index is 12.9. The number of carbonyl (C=O) groups excluding carboxylic acids is 3. The van der Waals surface area contributed by atoms with E-state index in [0.717, 1.165) is 4.90 Å². The largest absolute Gasteiger partial charge is 0.468 e. The number of amides is 2. The van der Waals surface area contributed by atoms with Crippen molar-refractivity contribution in [3.05, 3.63) is 30.1 Å². The summed E-state index contributed by atoms with van der Waals surface area (Å²) in [5.41, 5.74) is 0.320. The van der Waals surface area contributed by atoms with E-state index < -0.39 is 23.7 Å². The molecule has 0 bridgehead atoms. The first kappa shape index (κ1) is 15.1. The number of carbonyl (C=O) groups is 3. The summed E-state index contributed by atoms with van der Waals surface area (Å²) in [5, 5.41) is 0. The fourth-order valence-corrected chi connectivity index (χ4v) is 2.20. The predicted molar refractivity (Wildman–Crippen MR) is 71.9 cm³/mol. The predicted octanol–water partition coefficient (Wildman–Crippen LogP) is 0.562. The van der Waals surface area contributed by atoms with Crippen molar-refractivity contribution in [2.45, 2.75) is 12.5 Å². The highest BCUT2D eigenvalue weighted by atomic mass is 19.1. The van der Waals surface area contributed by atoms with Gasteiger partial charge in [-0.3, -0.25) is 19.3 Å². The fraction of sp³-hybridized carbons (Fsp3) is 0.357. The van der Waals surface area contributed by atoms with Crippen LogP contribution in [-0.2, 0) is 19.1 Å². The lowest BCUT2D eigenvalue weighted by molar-refractivity contribution is -0.142. The molecule has 0 unspecified atom stereocenters. The Bertz CT molecular complexity index is 573. The summed E-state index contributed by atoms with van der Waals surface area (Å²) in [6, 6.07) is 4.38. The molecule has 2 rings (SSSR count). The van der Waals surface area contributed by atoms with E-state index in [4.69, 9.17) is 0 Å². The number of hydrogen-bond donors (Lipinski definition) is 0. The summed E-state index contributed by atoms with van der Waals surface area (Å²) in [6.07, 6.45) is -0.0241. The molecule has 0 aliphatic carbocycles. The zero-order valence-electron chi connectivity index (χ0n) is 11.7. The zero-order chi connectivity index (χ0) is 15.6. The molecule has 1 saturated heterocycles. The van der Waals surface area contributed by atoms with E-state index in [-0.39, 0.29) is 18.9 Å². The van der Waals surface area contributed by atoms with Crippen LogP contribution in [-0.4, -0.2) is 49.4 Å². The fourth-order valence-electron chi connectivity index (χ4n) is 2.20. The monoisotopic (exact) mass is 294 g/mol. The second-order valence-corrected chi connectivity index (χ2v) is 4.75. The number of esters is 1. The van der Waals surface area contributed by atoms with Crippen LogP contribution in [0.25, 0.3) is 0 Å². The maximum atomic E-state index is 12.9. The number of imide groups is 1. The molecule has 7 heteroatoms. The second kappa shape index (κ2) is 6.01. The molecule has 1 heterocycles. The lowest BCUT2D eigenvalue weighted by Crippen LogP contribution is -2.42. The minimum Gasteiger partial charge on any atom is -0.468 e. The van der Waals surface area contributed by atoms with Gasteiger partial charge in [0.2, 0.25) is 5.91 Å². The summed E-state index contributed by atoms with van der Waals surface area (Å²) in [6.45, 7) is -0.0859. The molecule has 1 aliphatic heterocycles. The van der Waals surface area contributed by atoms with Gasteiger partial charge in [-0.05, 0) is 31.3 Å². The molecule has 1 aliphatic rings. The molecule has 112 valence electrons. The van der Waals surface area contributed by atoms with Gasteiger partial charge in [0.25, 0.3) is 5.91 Å². The average Bonchev–Trinajstić information content (AvgIpc) is 2.75. The third-order valence-corrected chi connectivity index (χ3v) is 3.35. The van der Waals surface area contributed by atoms with Crippen molar-refractivity contribution in [3.63, 3.8) is 0 Å². The molecule has 1 aromatic rings. The molecule has 1 atom stereocenters. The molecule has 0 saturated carbocycles. The van der Waals surface area contributed by atoms with E-state index in [0.29, 0.717) is 5.69 Å². The second-order valence-electron chi connectivity index (χ2n) is 4.75. The Labute approximate surface area is 121 Å². The van der Waals surface area contributed by atoms with Crippen LogP contribution in [0.1, 0.15) is 6.42 Å².